The Morgan fingerprint density at radius 1 is 1.39 bits per heavy atom. The number of aryl methyl sites for hydroxylation is 1. The second-order valence-corrected chi connectivity index (χ2v) is 6.47. The van der Waals surface area contributed by atoms with Crippen molar-refractivity contribution >= 4 is 5.91 Å². The van der Waals surface area contributed by atoms with Crippen LogP contribution < -0.4 is 15.8 Å². The van der Waals surface area contributed by atoms with E-state index in [0.29, 0.717) is 19.8 Å². The number of nitrogens with one attached hydrogen (secondary N) is 1. The number of nitrogens with two attached hydrogens (primary N) is 1. The number of amides is 1. The van der Waals surface area contributed by atoms with Crippen LogP contribution in [-0.2, 0) is 16.1 Å². The van der Waals surface area contributed by atoms with Crippen molar-refractivity contribution in [1.82, 2.24) is 5.32 Å². The minimum Gasteiger partial charge on any atom is -0.491 e. The van der Waals surface area contributed by atoms with Crippen molar-refractivity contribution in [3.63, 3.8) is 0 Å². The summed E-state index contributed by atoms with van der Waals surface area (Å²) in [5.41, 5.74) is 8.20. The van der Waals surface area contributed by atoms with Gasteiger partial charge in [-0.1, -0.05) is 12.1 Å². The summed E-state index contributed by atoms with van der Waals surface area (Å²) >= 11 is 0. The second-order valence-electron chi connectivity index (χ2n) is 6.47. The van der Waals surface area contributed by atoms with Gasteiger partial charge in [-0.3, -0.25) is 4.79 Å². The molecule has 0 aromatic heterocycles. The van der Waals surface area contributed by atoms with E-state index in [1.54, 1.807) is 0 Å². The van der Waals surface area contributed by atoms with Crippen LogP contribution in [-0.4, -0.2) is 31.3 Å². The smallest absolute Gasteiger partial charge is 0.237 e. The van der Waals surface area contributed by atoms with Crippen molar-refractivity contribution in [2.24, 2.45) is 11.7 Å². The minimum atomic E-state index is -0.473. The zero-order valence-electron chi connectivity index (χ0n) is 14.3. The molecule has 3 N–H and O–H groups in total. The maximum absolute atomic E-state index is 12.3. The Labute approximate surface area is 138 Å². The fraction of sp³-hybridized carbons (Fsp3) is 0.611. The van der Waals surface area contributed by atoms with Gasteiger partial charge in [0, 0.05) is 25.3 Å². The highest BCUT2D eigenvalue weighted by Crippen LogP contribution is 2.22. The lowest BCUT2D eigenvalue weighted by Crippen LogP contribution is -2.46. The third kappa shape index (κ3) is 5.22. The van der Waals surface area contributed by atoms with E-state index in [1.807, 2.05) is 39.0 Å². The topological polar surface area (TPSA) is 73.6 Å². The van der Waals surface area contributed by atoms with Crippen molar-refractivity contribution in [3.05, 3.63) is 29.3 Å². The van der Waals surface area contributed by atoms with Gasteiger partial charge >= 0.3 is 0 Å². The van der Waals surface area contributed by atoms with Gasteiger partial charge in [-0.2, -0.15) is 0 Å². The Hall–Kier alpha value is -1.59. The fourth-order valence-electron chi connectivity index (χ4n) is 2.76. The van der Waals surface area contributed by atoms with Gasteiger partial charge in [0.2, 0.25) is 5.91 Å². The third-order valence-electron chi connectivity index (χ3n) is 4.11. The molecule has 1 aromatic carbocycles. The van der Waals surface area contributed by atoms with Crippen LogP contribution in [0.4, 0.5) is 0 Å². The summed E-state index contributed by atoms with van der Waals surface area (Å²) in [4.78, 5) is 12.3. The molecule has 0 bridgehead atoms. The summed E-state index contributed by atoms with van der Waals surface area (Å²) in [6, 6.07) is 5.54. The van der Waals surface area contributed by atoms with Crippen molar-refractivity contribution in [1.29, 1.82) is 0 Å². The Bertz CT molecular complexity index is 525. The molecule has 0 radical (unpaired) electrons. The zero-order chi connectivity index (χ0) is 16.8. The van der Waals surface area contributed by atoms with Crippen molar-refractivity contribution in [2.45, 2.75) is 52.3 Å². The van der Waals surface area contributed by atoms with Gasteiger partial charge in [0.25, 0.3) is 0 Å². The molecule has 5 heteroatoms. The quantitative estimate of drug-likeness (QED) is 0.842. The number of benzene rings is 1. The molecule has 1 amide bonds. The Morgan fingerprint density at radius 2 is 2.09 bits per heavy atom. The first-order valence-corrected chi connectivity index (χ1v) is 8.34. The van der Waals surface area contributed by atoms with Crippen LogP contribution in [0.3, 0.4) is 0 Å². The fourth-order valence-corrected chi connectivity index (χ4v) is 2.76. The SMILES string of the molecule is Cc1ccc(CNC(=O)C(N)C2CCOCC2)c(OC(C)C)c1. The number of carbonyl (C=O) groups is 1. The highest BCUT2D eigenvalue weighted by molar-refractivity contribution is 5.81. The molecule has 0 saturated carbocycles. The predicted molar refractivity (Wildman–Crippen MR) is 90.3 cm³/mol. The van der Waals surface area contributed by atoms with E-state index >= 15 is 0 Å². The Balaban J connectivity index is 1.95. The van der Waals surface area contributed by atoms with Crippen LogP contribution in [0.5, 0.6) is 5.75 Å². The third-order valence-corrected chi connectivity index (χ3v) is 4.11. The first-order chi connectivity index (χ1) is 11.0. The van der Waals surface area contributed by atoms with E-state index in [9.17, 15) is 4.79 Å². The van der Waals surface area contributed by atoms with Crippen LogP contribution in [0.1, 0.15) is 37.8 Å². The molecule has 1 heterocycles. The number of hydrogen-bond donors (Lipinski definition) is 2. The second kappa shape index (κ2) is 8.31. The van der Waals surface area contributed by atoms with Crippen LogP contribution in [0.25, 0.3) is 0 Å². The lowest BCUT2D eigenvalue weighted by atomic mass is 9.92. The normalized spacial score (nSPS) is 17.1. The van der Waals surface area contributed by atoms with Crippen LogP contribution >= 0.6 is 0 Å². The van der Waals surface area contributed by atoms with Crippen LogP contribution in [0.15, 0.2) is 18.2 Å². The molecule has 1 aliphatic rings. The van der Waals surface area contributed by atoms with Gasteiger partial charge in [-0.15, -0.1) is 0 Å². The van der Waals surface area contributed by atoms with Gasteiger partial charge in [-0.25, -0.2) is 0 Å². The molecule has 0 spiro atoms. The molecule has 1 aromatic rings. The molecule has 1 aliphatic heterocycles. The molecule has 23 heavy (non-hydrogen) atoms. The Morgan fingerprint density at radius 3 is 2.74 bits per heavy atom. The average molecular weight is 320 g/mol. The van der Waals surface area contributed by atoms with Crippen molar-refractivity contribution < 1.29 is 14.3 Å². The first kappa shape index (κ1) is 17.8. The van der Waals surface area contributed by atoms with Crippen molar-refractivity contribution in [2.75, 3.05) is 13.2 Å². The Kier molecular flexibility index (Phi) is 6.42. The summed E-state index contributed by atoms with van der Waals surface area (Å²) in [5, 5.41) is 2.94. The molecule has 1 unspecified atom stereocenters. The monoisotopic (exact) mass is 320 g/mol. The average Bonchev–Trinajstić information content (AvgIpc) is 2.53. The molecule has 1 atom stereocenters. The number of rotatable bonds is 6. The number of hydrogen-bond acceptors (Lipinski definition) is 4. The van der Waals surface area contributed by atoms with Gasteiger partial charge < -0.3 is 20.5 Å². The van der Waals surface area contributed by atoms with E-state index in [2.05, 4.69) is 5.32 Å². The van der Waals surface area contributed by atoms with E-state index in [4.69, 9.17) is 15.2 Å². The summed E-state index contributed by atoms with van der Waals surface area (Å²) in [6.45, 7) is 7.82. The highest BCUT2D eigenvalue weighted by Gasteiger charge is 2.26. The molecule has 128 valence electrons. The standard InChI is InChI=1S/C18H28N2O3/c1-12(2)23-16-10-13(3)4-5-15(16)11-20-18(21)17(19)14-6-8-22-9-7-14/h4-5,10,12,14,17H,6-9,11,19H2,1-3H3,(H,20,21). The minimum absolute atomic E-state index is 0.0933. The van der Waals surface area contributed by atoms with Gasteiger partial charge in [-0.05, 0) is 51.2 Å². The molecular weight excluding hydrogens is 292 g/mol. The van der Waals surface area contributed by atoms with E-state index in [1.165, 1.54) is 0 Å². The molecule has 2 rings (SSSR count). The van der Waals surface area contributed by atoms with Gasteiger partial charge in [0.1, 0.15) is 5.75 Å². The van der Waals surface area contributed by atoms with E-state index in [0.717, 1.165) is 29.7 Å². The summed E-state index contributed by atoms with van der Waals surface area (Å²) in [7, 11) is 0. The van der Waals surface area contributed by atoms with Crippen LogP contribution in [0, 0.1) is 12.8 Å². The molecule has 1 fully saturated rings. The summed E-state index contributed by atoms with van der Waals surface area (Å²) in [5.74, 6) is 0.918. The lowest BCUT2D eigenvalue weighted by Gasteiger charge is -2.26. The predicted octanol–water partition coefficient (Wildman–Crippen LogP) is 2.15. The van der Waals surface area contributed by atoms with Gasteiger partial charge in [0.05, 0.1) is 12.1 Å². The number of carbonyl (C=O) groups excluding carboxylic acids is 1. The summed E-state index contributed by atoms with van der Waals surface area (Å²) in [6.07, 6.45) is 1.79. The molecular formula is C18H28N2O3. The largest absolute Gasteiger partial charge is 0.491 e. The van der Waals surface area contributed by atoms with E-state index < -0.39 is 6.04 Å². The highest BCUT2D eigenvalue weighted by atomic mass is 16.5. The lowest BCUT2D eigenvalue weighted by molar-refractivity contribution is -0.124. The number of ether oxygens (including phenoxy) is 2. The van der Waals surface area contributed by atoms with E-state index in [-0.39, 0.29) is 17.9 Å². The summed E-state index contributed by atoms with van der Waals surface area (Å²) < 4.78 is 11.2. The molecule has 0 aliphatic carbocycles. The molecule has 1 saturated heterocycles. The van der Waals surface area contributed by atoms with Crippen molar-refractivity contribution in [3.8, 4) is 5.75 Å². The molecule has 5 nitrogen and oxygen atoms in total. The zero-order valence-corrected chi connectivity index (χ0v) is 14.3. The maximum Gasteiger partial charge on any atom is 0.237 e. The maximum atomic E-state index is 12.3. The van der Waals surface area contributed by atoms with Crippen LogP contribution in [0.2, 0.25) is 0 Å². The first-order valence-electron chi connectivity index (χ1n) is 8.34. The van der Waals surface area contributed by atoms with Gasteiger partial charge in [0.15, 0.2) is 0 Å².